The van der Waals surface area contributed by atoms with Crippen molar-refractivity contribution in [1.29, 1.82) is 0 Å². The van der Waals surface area contributed by atoms with Crippen LogP contribution < -0.4 is 10.3 Å². The summed E-state index contributed by atoms with van der Waals surface area (Å²) in [6.07, 6.45) is 8.58. The number of fused-ring (bicyclic) bond motifs is 1. The van der Waals surface area contributed by atoms with Crippen molar-refractivity contribution in [2.45, 2.75) is 45.1 Å². The van der Waals surface area contributed by atoms with Gasteiger partial charge in [0, 0.05) is 6.08 Å². The van der Waals surface area contributed by atoms with Gasteiger partial charge in [0.2, 0.25) is 0 Å². The summed E-state index contributed by atoms with van der Waals surface area (Å²) in [4.78, 5) is 32.1. The van der Waals surface area contributed by atoms with Gasteiger partial charge in [-0.1, -0.05) is 25.3 Å². The van der Waals surface area contributed by atoms with Crippen molar-refractivity contribution < 1.29 is 14.3 Å². The number of esters is 1. The van der Waals surface area contributed by atoms with Gasteiger partial charge in [-0.15, -0.1) is 0 Å². The lowest BCUT2D eigenvalue weighted by atomic mass is 9.95. The molecule has 0 radical (unpaired) electrons. The second-order valence-electron chi connectivity index (χ2n) is 7.75. The van der Waals surface area contributed by atoms with Crippen molar-refractivity contribution in [2.75, 3.05) is 14.2 Å². The van der Waals surface area contributed by atoms with Crippen molar-refractivity contribution in [2.24, 2.45) is 0 Å². The van der Waals surface area contributed by atoms with Gasteiger partial charge in [-0.25, -0.2) is 9.78 Å². The Morgan fingerprint density at radius 1 is 1.23 bits per heavy atom. The first-order valence-electron chi connectivity index (χ1n) is 10.5. The lowest BCUT2D eigenvalue weighted by molar-refractivity contribution is -0.134. The maximum atomic E-state index is 13.1. The highest BCUT2D eigenvalue weighted by atomic mass is 16.5. The van der Waals surface area contributed by atoms with Crippen LogP contribution >= 0.6 is 0 Å². The summed E-state index contributed by atoms with van der Waals surface area (Å²) in [7, 11) is 2.88. The molecule has 0 unspecified atom stereocenters. The molecule has 1 fully saturated rings. The Morgan fingerprint density at radius 2 is 2.00 bits per heavy atom. The van der Waals surface area contributed by atoms with Crippen LogP contribution in [-0.4, -0.2) is 39.9 Å². The number of hydrogen-bond acceptors (Lipinski definition) is 6. The van der Waals surface area contributed by atoms with Gasteiger partial charge in [0.05, 0.1) is 31.5 Å². The van der Waals surface area contributed by atoms with E-state index < -0.39 is 5.97 Å². The number of nitrogens with one attached hydrogen (secondary N) is 1. The van der Waals surface area contributed by atoms with E-state index in [1.807, 2.05) is 17.7 Å². The van der Waals surface area contributed by atoms with E-state index in [1.165, 1.54) is 19.6 Å². The Balaban J connectivity index is 1.76. The largest absolute Gasteiger partial charge is 0.496 e. The second-order valence-corrected chi connectivity index (χ2v) is 7.75. The normalized spacial score (nSPS) is 14.9. The zero-order chi connectivity index (χ0) is 22.0. The van der Waals surface area contributed by atoms with Gasteiger partial charge >= 0.3 is 5.97 Å². The molecule has 2 heterocycles. The lowest BCUT2D eigenvalue weighted by Gasteiger charge is -2.22. The number of carbonyl (C=O) groups excluding carboxylic acids is 1. The van der Waals surface area contributed by atoms with E-state index in [2.05, 4.69) is 14.8 Å². The highest BCUT2D eigenvalue weighted by molar-refractivity contribution is 5.87. The van der Waals surface area contributed by atoms with Gasteiger partial charge in [0.15, 0.2) is 5.52 Å². The zero-order valence-corrected chi connectivity index (χ0v) is 18.0. The molecular weight excluding hydrogens is 396 g/mol. The van der Waals surface area contributed by atoms with Crippen LogP contribution in [0.25, 0.3) is 28.5 Å². The third-order valence-corrected chi connectivity index (χ3v) is 5.74. The number of hydrogen-bond donors (Lipinski definition) is 1. The Labute approximate surface area is 179 Å². The number of benzene rings is 1. The molecule has 4 rings (SSSR count). The van der Waals surface area contributed by atoms with Gasteiger partial charge in [0.25, 0.3) is 5.56 Å². The van der Waals surface area contributed by atoms with E-state index in [1.54, 1.807) is 25.3 Å². The van der Waals surface area contributed by atoms with Crippen LogP contribution in [0.3, 0.4) is 0 Å². The minimum atomic E-state index is -0.440. The molecule has 0 saturated heterocycles. The van der Waals surface area contributed by atoms with Crippen molar-refractivity contribution in [1.82, 2.24) is 19.7 Å². The van der Waals surface area contributed by atoms with Gasteiger partial charge < -0.3 is 14.5 Å². The second kappa shape index (κ2) is 8.75. The number of aryl methyl sites for hydroxylation is 1. The van der Waals surface area contributed by atoms with E-state index in [0.29, 0.717) is 28.2 Å². The monoisotopic (exact) mass is 422 g/mol. The van der Waals surface area contributed by atoms with E-state index in [4.69, 9.17) is 9.72 Å². The standard InChI is InChI=1S/C23H26N4O4/c1-14-20-21(27(26-14)16-7-5-4-6-8-16)23(29)25-22(24-20)17-11-9-15(13-18(17)30-2)10-12-19(28)31-3/h9-13,16H,4-8H2,1-3H3,(H,24,25,29)/b12-10+. The number of methoxy groups -OCH3 is 2. The topological polar surface area (TPSA) is 99.1 Å². The summed E-state index contributed by atoms with van der Waals surface area (Å²) >= 11 is 0. The number of carbonyl (C=O) groups is 1. The smallest absolute Gasteiger partial charge is 0.330 e. The number of ether oxygens (including phenoxy) is 2. The number of aromatic nitrogens is 4. The predicted octanol–water partition coefficient (Wildman–Crippen LogP) is 3.80. The highest BCUT2D eigenvalue weighted by Crippen LogP contribution is 2.32. The van der Waals surface area contributed by atoms with Crippen molar-refractivity contribution in [3.63, 3.8) is 0 Å². The quantitative estimate of drug-likeness (QED) is 0.496. The number of aromatic amines is 1. The molecule has 3 aromatic rings. The van der Waals surface area contributed by atoms with E-state index in [0.717, 1.165) is 36.9 Å². The third kappa shape index (κ3) is 4.10. The summed E-state index contributed by atoms with van der Waals surface area (Å²) in [5.74, 6) is 0.515. The molecule has 1 N–H and O–H groups in total. The average Bonchev–Trinajstić information content (AvgIpc) is 3.14. The molecule has 8 nitrogen and oxygen atoms in total. The summed E-state index contributed by atoms with van der Waals surface area (Å²) in [6.45, 7) is 1.88. The Hall–Kier alpha value is -3.42. The van der Waals surface area contributed by atoms with E-state index in [9.17, 15) is 9.59 Å². The fraction of sp³-hybridized carbons (Fsp3) is 0.391. The van der Waals surface area contributed by atoms with E-state index in [-0.39, 0.29) is 11.6 Å². The third-order valence-electron chi connectivity index (χ3n) is 5.74. The molecule has 1 aromatic carbocycles. The minimum Gasteiger partial charge on any atom is -0.496 e. The first-order chi connectivity index (χ1) is 15.0. The zero-order valence-electron chi connectivity index (χ0n) is 18.0. The molecule has 0 atom stereocenters. The molecular formula is C23H26N4O4. The summed E-state index contributed by atoms with van der Waals surface area (Å²) < 4.78 is 12.0. The SMILES string of the molecule is COC(=O)/C=C/c1ccc(-c2nc3c(C)nn(C4CCCCC4)c3c(=O)[nH]2)c(OC)c1. The van der Waals surface area contributed by atoms with Crippen LogP contribution in [-0.2, 0) is 9.53 Å². The summed E-state index contributed by atoms with van der Waals surface area (Å²) in [5, 5.41) is 4.66. The first kappa shape index (κ1) is 20.8. The van der Waals surface area contributed by atoms with Crippen LogP contribution in [0.15, 0.2) is 29.1 Å². The molecule has 0 spiro atoms. The van der Waals surface area contributed by atoms with Gasteiger partial charge in [-0.3, -0.25) is 9.48 Å². The number of rotatable bonds is 5. The molecule has 1 saturated carbocycles. The van der Waals surface area contributed by atoms with Gasteiger partial charge in [0.1, 0.15) is 17.1 Å². The maximum absolute atomic E-state index is 13.1. The molecule has 8 heteroatoms. The van der Waals surface area contributed by atoms with Crippen molar-refractivity contribution in [3.05, 3.63) is 45.9 Å². The van der Waals surface area contributed by atoms with Crippen LogP contribution in [0.2, 0.25) is 0 Å². The van der Waals surface area contributed by atoms with Crippen molar-refractivity contribution in [3.8, 4) is 17.1 Å². The maximum Gasteiger partial charge on any atom is 0.330 e. The van der Waals surface area contributed by atoms with Crippen LogP contribution in [0.4, 0.5) is 0 Å². The molecule has 0 aliphatic heterocycles. The molecule has 2 aromatic heterocycles. The van der Waals surface area contributed by atoms with Crippen LogP contribution in [0.5, 0.6) is 5.75 Å². The Bertz CT molecular complexity index is 1200. The minimum absolute atomic E-state index is 0.206. The van der Waals surface area contributed by atoms with E-state index >= 15 is 0 Å². The summed E-state index contributed by atoms with van der Waals surface area (Å²) in [5.41, 5.74) is 3.09. The number of H-pyrrole nitrogens is 1. The fourth-order valence-corrected chi connectivity index (χ4v) is 4.15. The van der Waals surface area contributed by atoms with Crippen LogP contribution in [0.1, 0.15) is 49.4 Å². The van der Waals surface area contributed by atoms with Gasteiger partial charge in [-0.05, 0) is 43.5 Å². The Morgan fingerprint density at radius 3 is 2.71 bits per heavy atom. The molecule has 31 heavy (non-hydrogen) atoms. The fourth-order valence-electron chi connectivity index (χ4n) is 4.15. The average molecular weight is 422 g/mol. The Kier molecular flexibility index (Phi) is 5.88. The molecule has 1 aliphatic carbocycles. The molecule has 162 valence electrons. The molecule has 0 amide bonds. The van der Waals surface area contributed by atoms with Gasteiger partial charge in [-0.2, -0.15) is 5.10 Å². The molecule has 1 aliphatic rings. The van der Waals surface area contributed by atoms with Crippen LogP contribution in [0, 0.1) is 6.92 Å². The first-order valence-corrected chi connectivity index (χ1v) is 10.5. The van der Waals surface area contributed by atoms with Crippen molar-refractivity contribution >= 4 is 23.1 Å². The molecule has 0 bridgehead atoms. The lowest BCUT2D eigenvalue weighted by Crippen LogP contribution is -2.19. The number of nitrogens with zero attached hydrogens (tertiary/aromatic N) is 3. The highest BCUT2D eigenvalue weighted by Gasteiger charge is 2.23. The summed E-state index contributed by atoms with van der Waals surface area (Å²) in [6, 6.07) is 5.65. The predicted molar refractivity (Wildman–Crippen MR) is 118 cm³/mol.